The average molecular weight is 424 g/mol. The van der Waals surface area contributed by atoms with Crippen LogP contribution < -0.4 is 5.32 Å². The molecule has 0 unspecified atom stereocenters. The van der Waals surface area contributed by atoms with Crippen molar-refractivity contribution in [1.82, 2.24) is 4.90 Å². The molecular weight excluding hydrogens is 405 g/mol. The molecule has 1 N–H and O–H groups in total. The number of anilines is 1. The first-order chi connectivity index (χ1) is 14.2. The summed E-state index contributed by atoms with van der Waals surface area (Å²) in [6, 6.07) is 4.04. The van der Waals surface area contributed by atoms with Crippen LogP contribution in [0.15, 0.2) is 36.4 Å². The summed E-state index contributed by atoms with van der Waals surface area (Å²) in [4.78, 5) is 49.3. The highest BCUT2D eigenvalue weighted by molar-refractivity contribution is 6.05. The molecule has 160 valence electrons. The molecular formula is C20H19F3N2O5. The maximum atomic E-state index is 12.7. The molecule has 2 atom stereocenters. The highest BCUT2D eigenvalue weighted by Crippen LogP contribution is 2.35. The third-order valence-electron chi connectivity index (χ3n) is 4.98. The number of allylic oxidation sites excluding steroid dienone is 2. The van der Waals surface area contributed by atoms with Gasteiger partial charge >= 0.3 is 12.1 Å². The number of carbonyl (C=O) groups excluding carboxylic acids is 4. The smallest absolute Gasteiger partial charge is 0.416 e. The van der Waals surface area contributed by atoms with Crippen LogP contribution in [-0.2, 0) is 30.1 Å². The topological polar surface area (TPSA) is 92.8 Å². The Hall–Kier alpha value is -3.17. The number of likely N-dealkylation sites (tertiary alicyclic amines) is 1. The lowest BCUT2D eigenvalue weighted by molar-refractivity contribution is -0.148. The standard InChI is InChI=1S/C20H19F3N2O5/c21-20(22,23)12-4-3-5-13(10-12)24-16(26)11-30-17(27)8-9-25-18(28)14-6-1-2-7-15(14)19(25)29/h1-5,10,14-15H,6-9,11H2,(H,24,26)/t14-,15+. The van der Waals surface area contributed by atoms with E-state index in [1.54, 1.807) is 0 Å². The van der Waals surface area contributed by atoms with Crippen molar-refractivity contribution >= 4 is 29.4 Å². The lowest BCUT2D eigenvalue weighted by Crippen LogP contribution is -2.33. The van der Waals surface area contributed by atoms with Crippen LogP contribution in [0.4, 0.5) is 18.9 Å². The van der Waals surface area contributed by atoms with Crippen molar-refractivity contribution in [2.45, 2.75) is 25.4 Å². The van der Waals surface area contributed by atoms with E-state index in [1.807, 2.05) is 12.2 Å². The highest BCUT2D eigenvalue weighted by atomic mass is 19.4. The van der Waals surface area contributed by atoms with Crippen LogP contribution in [0.3, 0.4) is 0 Å². The van der Waals surface area contributed by atoms with Gasteiger partial charge in [-0.1, -0.05) is 18.2 Å². The fourth-order valence-corrected chi connectivity index (χ4v) is 3.48. The summed E-state index contributed by atoms with van der Waals surface area (Å²) in [5, 5.41) is 2.21. The van der Waals surface area contributed by atoms with Crippen LogP contribution in [0, 0.1) is 11.8 Å². The maximum Gasteiger partial charge on any atom is 0.416 e. The number of nitrogens with one attached hydrogen (secondary N) is 1. The number of hydrogen-bond acceptors (Lipinski definition) is 5. The quantitative estimate of drug-likeness (QED) is 0.430. The first kappa shape index (κ1) is 21.5. The van der Waals surface area contributed by atoms with E-state index in [0.29, 0.717) is 12.8 Å². The monoisotopic (exact) mass is 424 g/mol. The Morgan fingerprint density at radius 2 is 1.73 bits per heavy atom. The van der Waals surface area contributed by atoms with Crippen molar-refractivity contribution < 1.29 is 37.1 Å². The number of ether oxygens (including phenoxy) is 1. The Kier molecular flexibility index (Phi) is 6.23. The van der Waals surface area contributed by atoms with Crippen LogP contribution in [0.25, 0.3) is 0 Å². The first-order valence-corrected chi connectivity index (χ1v) is 9.30. The molecule has 1 aromatic rings. The summed E-state index contributed by atoms with van der Waals surface area (Å²) < 4.78 is 42.8. The van der Waals surface area contributed by atoms with Crippen LogP contribution in [-0.4, -0.2) is 41.7 Å². The summed E-state index contributed by atoms with van der Waals surface area (Å²) in [5.74, 6) is -3.03. The normalized spacial score (nSPS) is 20.8. The molecule has 2 aliphatic rings. The molecule has 3 rings (SSSR count). The minimum Gasteiger partial charge on any atom is -0.456 e. The Morgan fingerprint density at radius 3 is 2.33 bits per heavy atom. The van der Waals surface area contributed by atoms with Crippen molar-refractivity contribution in [3.8, 4) is 0 Å². The van der Waals surface area contributed by atoms with Gasteiger partial charge < -0.3 is 10.1 Å². The van der Waals surface area contributed by atoms with Gasteiger partial charge in [0.05, 0.1) is 23.8 Å². The predicted molar refractivity (Wildman–Crippen MR) is 97.7 cm³/mol. The predicted octanol–water partition coefficient (Wildman–Crippen LogP) is 2.53. The summed E-state index contributed by atoms with van der Waals surface area (Å²) >= 11 is 0. The van der Waals surface area contributed by atoms with Crippen molar-refractivity contribution in [2.75, 3.05) is 18.5 Å². The molecule has 1 fully saturated rings. The molecule has 1 heterocycles. The molecule has 0 saturated carbocycles. The minimum atomic E-state index is -4.55. The van der Waals surface area contributed by atoms with Crippen LogP contribution in [0.5, 0.6) is 0 Å². The zero-order valence-corrected chi connectivity index (χ0v) is 15.8. The molecule has 30 heavy (non-hydrogen) atoms. The number of carbonyl (C=O) groups is 4. The van der Waals surface area contributed by atoms with E-state index in [-0.39, 0.29) is 30.5 Å². The average Bonchev–Trinajstić information content (AvgIpc) is 2.95. The van der Waals surface area contributed by atoms with Crippen molar-refractivity contribution in [3.05, 3.63) is 42.0 Å². The van der Waals surface area contributed by atoms with E-state index in [9.17, 15) is 32.3 Å². The molecule has 0 spiro atoms. The van der Waals surface area contributed by atoms with Gasteiger partial charge in [-0.15, -0.1) is 0 Å². The number of halogens is 3. The summed E-state index contributed by atoms with van der Waals surface area (Å²) in [6.07, 6.45) is -0.134. The van der Waals surface area contributed by atoms with Gasteiger partial charge in [0.15, 0.2) is 6.61 Å². The molecule has 7 nitrogen and oxygen atoms in total. The molecule has 1 aliphatic carbocycles. The Balaban J connectivity index is 1.44. The number of hydrogen-bond donors (Lipinski definition) is 1. The summed E-state index contributed by atoms with van der Waals surface area (Å²) in [5.41, 5.74) is -1.01. The number of fused-ring (bicyclic) bond motifs is 1. The van der Waals surface area contributed by atoms with Gasteiger partial charge in [0.2, 0.25) is 11.8 Å². The molecule has 1 saturated heterocycles. The van der Waals surface area contributed by atoms with Crippen molar-refractivity contribution in [2.24, 2.45) is 11.8 Å². The molecule has 0 radical (unpaired) electrons. The fourth-order valence-electron chi connectivity index (χ4n) is 3.48. The Labute approximate surface area is 169 Å². The Bertz CT molecular complexity index is 871. The zero-order chi connectivity index (χ0) is 21.9. The summed E-state index contributed by atoms with van der Waals surface area (Å²) in [7, 11) is 0. The van der Waals surface area contributed by atoms with Gasteiger partial charge in [-0.25, -0.2) is 0 Å². The second kappa shape index (κ2) is 8.68. The van der Waals surface area contributed by atoms with Crippen molar-refractivity contribution in [3.63, 3.8) is 0 Å². The van der Waals surface area contributed by atoms with Crippen LogP contribution in [0.1, 0.15) is 24.8 Å². The number of alkyl halides is 3. The van der Waals surface area contributed by atoms with Gasteiger partial charge in [-0.2, -0.15) is 13.2 Å². The second-order valence-electron chi connectivity index (χ2n) is 7.02. The number of imide groups is 1. The van der Waals surface area contributed by atoms with Gasteiger partial charge in [0.1, 0.15) is 0 Å². The number of benzene rings is 1. The van der Waals surface area contributed by atoms with Gasteiger partial charge in [-0.3, -0.25) is 24.1 Å². The van der Waals surface area contributed by atoms with E-state index in [2.05, 4.69) is 5.32 Å². The Morgan fingerprint density at radius 1 is 1.10 bits per heavy atom. The lowest BCUT2D eigenvalue weighted by Gasteiger charge is -2.14. The second-order valence-corrected chi connectivity index (χ2v) is 7.02. The van der Waals surface area contributed by atoms with Crippen molar-refractivity contribution in [1.29, 1.82) is 0 Å². The molecule has 0 bridgehead atoms. The molecule has 1 aliphatic heterocycles. The zero-order valence-electron chi connectivity index (χ0n) is 15.8. The van der Waals surface area contributed by atoms with E-state index in [1.165, 1.54) is 6.07 Å². The van der Waals surface area contributed by atoms with E-state index in [4.69, 9.17) is 4.74 Å². The minimum absolute atomic E-state index is 0.0876. The SMILES string of the molecule is O=C(COC(=O)CCN1C(=O)[C@H]2CC=CC[C@H]2C1=O)Nc1cccc(C(F)(F)F)c1. The summed E-state index contributed by atoms with van der Waals surface area (Å²) in [6.45, 7) is -0.842. The number of esters is 1. The number of amides is 3. The molecule has 3 amide bonds. The van der Waals surface area contributed by atoms with Crippen LogP contribution in [0.2, 0.25) is 0 Å². The largest absolute Gasteiger partial charge is 0.456 e. The van der Waals surface area contributed by atoms with Gasteiger partial charge in [-0.05, 0) is 31.0 Å². The third-order valence-corrected chi connectivity index (χ3v) is 4.98. The first-order valence-electron chi connectivity index (χ1n) is 9.30. The van der Waals surface area contributed by atoms with Gasteiger partial charge in [0.25, 0.3) is 5.91 Å². The van der Waals surface area contributed by atoms with E-state index in [0.717, 1.165) is 23.1 Å². The van der Waals surface area contributed by atoms with E-state index >= 15 is 0 Å². The lowest BCUT2D eigenvalue weighted by atomic mass is 9.85. The number of rotatable bonds is 6. The highest BCUT2D eigenvalue weighted by Gasteiger charge is 2.46. The maximum absolute atomic E-state index is 12.7. The van der Waals surface area contributed by atoms with Gasteiger partial charge in [0, 0.05) is 12.2 Å². The van der Waals surface area contributed by atoms with E-state index < -0.39 is 42.1 Å². The molecule has 0 aromatic heterocycles. The van der Waals surface area contributed by atoms with Crippen LogP contribution >= 0.6 is 0 Å². The number of nitrogens with zero attached hydrogens (tertiary/aromatic N) is 1. The fraction of sp³-hybridized carbons (Fsp3) is 0.400. The molecule has 10 heteroatoms. The molecule has 1 aromatic carbocycles. The third kappa shape index (κ3) is 4.87.